The van der Waals surface area contributed by atoms with Crippen LogP contribution in [0, 0.1) is 11.3 Å². The van der Waals surface area contributed by atoms with Crippen molar-refractivity contribution < 1.29 is 9.53 Å². The molecular weight excluding hydrogens is 290 g/mol. The Morgan fingerprint density at radius 3 is 2.48 bits per heavy atom. The number of nitriles is 1. The molecule has 6 heteroatoms. The van der Waals surface area contributed by atoms with Crippen molar-refractivity contribution >= 4 is 17.7 Å². The average molecular weight is 308 g/mol. The van der Waals surface area contributed by atoms with Gasteiger partial charge >= 0.3 is 6.09 Å². The summed E-state index contributed by atoms with van der Waals surface area (Å²) in [6.45, 7) is 4.62. The lowest BCUT2D eigenvalue weighted by Crippen LogP contribution is -2.49. The van der Waals surface area contributed by atoms with Crippen LogP contribution in [0.3, 0.4) is 0 Å². The second-order valence-electron chi connectivity index (χ2n) is 4.81. The first-order valence-electron chi connectivity index (χ1n) is 6.96. The van der Waals surface area contributed by atoms with E-state index in [0.29, 0.717) is 37.8 Å². The Bertz CT molecular complexity index is 519. The number of carbonyl (C=O) groups is 1. The molecule has 1 amide bonds. The van der Waals surface area contributed by atoms with E-state index in [4.69, 9.17) is 16.3 Å². The smallest absolute Gasteiger partial charge is 0.409 e. The molecule has 1 aromatic carbocycles. The Morgan fingerprint density at radius 2 is 1.95 bits per heavy atom. The minimum absolute atomic E-state index is 0.280. The van der Waals surface area contributed by atoms with Gasteiger partial charge in [-0.1, -0.05) is 23.7 Å². The zero-order valence-electron chi connectivity index (χ0n) is 12.0. The number of ether oxygens (including phenoxy) is 1. The Balaban J connectivity index is 1.98. The molecule has 0 N–H and O–H groups in total. The van der Waals surface area contributed by atoms with Crippen LogP contribution in [0.4, 0.5) is 4.79 Å². The molecule has 0 aliphatic carbocycles. The maximum Gasteiger partial charge on any atom is 0.409 e. The topological polar surface area (TPSA) is 56.6 Å². The van der Waals surface area contributed by atoms with E-state index < -0.39 is 0 Å². The van der Waals surface area contributed by atoms with Crippen molar-refractivity contribution in [2.75, 3.05) is 32.8 Å². The molecule has 0 bridgehead atoms. The van der Waals surface area contributed by atoms with Crippen LogP contribution in [0.15, 0.2) is 24.3 Å². The number of halogens is 1. The maximum atomic E-state index is 11.7. The van der Waals surface area contributed by atoms with Crippen LogP contribution in [0.2, 0.25) is 5.02 Å². The Labute approximate surface area is 129 Å². The van der Waals surface area contributed by atoms with Crippen LogP contribution >= 0.6 is 11.6 Å². The van der Waals surface area contributed by atoms with Gasteiger partial charge in [-0.05, 0) is 24.6 Å². The van der Waals surface area contributed by atoms with Crippen molar-refractivity contribution in [1.82, 2.24) is 9.80 Å². The van der Waals surface area contributed by atoms with Gasteiger partial charge in [-0.2, -0.15) is 5.26 Å². The van der Waals surface area contributed by atoms with Gasteiger partial charge in [-0.15, -0.1) is 0 Å². The second-order valence-corrected chi connectivity index (χ2v) is 5.24. The molecular formula is C15H18ClN3O2. The largest absolute Gasteiger partial charge is 0.450 e. The van der Waals surface area contributed by atoms with Gasteiger partial charge in [0.25, 0.3) is 0 Å². The first-order chi connectivity index (χ1) is 10.2. The van der Waals surface area contributed by atoms with E-state index >= 15 is 0 Å². The van der Waals surface area contributed by atoms with Gasteiger partial charge in [0.1, 0.15) is 6.04 Å². The number of piperazine rings is 1. The van der Waals surface area contributed by atoms with Crippen LogP contribution in [0.5, 0.6) is 0 Å². The minimum Gasteiger partial charge on any atom is -0.450 e. The molecule has 2 rings (SSSR count). The van der Waals surface area contributed by atoms with E-state index in [-0.39, 0.29) is 12.1 Å². The van der Waals surface area contributed by atoms with Crippen molar-refractivity contribution in [3.8, 4) is 6.07 Å². The number of hydrogen-bond donors (Lipinski definition) is 0. The summed E-state index contributed by atoms with van der Waals surface area (Å²) in [5.74, 6) is 0. The van der Waals surface area contributed by atoms with Crippen LogP contribution in [0.25, 0.3) is 0 Å². The van der Waals surface area contributed by atoms with Crippen molar-refractivity contribution in [3.05, 3.63) is 34.9 Å². The number of amides is 1. The molecule has 0 radical (unpaired) electrons. The molecule has 1 aromatic rings. The Morgan fingerprint density at radius 1 is 1.33 bits per heavy atom. The number of hydrogen-bond acceptors (Lipinski definition) is 4. The van der Waals surface area contributed by atoms with E-state index in [1.807, 2.05) is 12.1 Å². The maximum absolute atomic E-state index is 11.7. The standard InChI is InChI=1S/C15H18ClN3O2/c1-2-21-15(20)19-9-7-18(8-10-19)14(11-17)12-3-5-13(16)6-4-12/h3-6,14H,2,7-10H2,1H3. The molecule has 1 heterocycles. The predicted octanol–water partition coefficient (Wildman–Crippen LogP) is 2.68. The number of rotatable bonds is 3. The molecule has 0 saturated carbocycles. The molecule has 1 aliphatic rings. The van der Waals surface area contributed by atoms with Gasteiger partial charge in [-0.25, -0.2) is 4.79 Å². The van der Waals surface area contributed by atoms with Gasteiger partial charge in [0.2, 0.25) is 0 Å². The molecule has 21 heavy (non-hydrogen) atoms. The van der Waals surface area contributed by atoms with Gasteiger partial charge in [0.05, 0.1) is 12.7 Å². The lowest BCUT2D eigenvalue weighted by atomic mass is 10.1. The zero-order valence-corrected chi connectivity index (χ0v) is 12.7. The van der Waals surface area contributed by atoms with Gasteiger partial charge in [0, 0.05) is 31.2 Å². The molecule has 1 fully saturated rings. The number of benzene rings is 1. The van der Waals surface area contributed by atoms with Crippen molar-refractivity contribution in [1.29, 1.82) is 5.26 Å². The normalized spacial score (nSPS) is 17.1. The first kappa shape index (κ1) is 15.6. The summed E-state index contributed by atoms with van der Waals surface area (Å²) < 4.78 is 4.99. The molecule has 1 aliphatic heterocycles. The van der Waals surface area contributed by atoms with Crippen LogP contribution in [-0.2, 0) is 4.74 Å². The fourth-order valence-corrected chi connectivity index (χ4v) is 2.52. The van der Waals surface area contributed by atoms with E-state index in [9.17, 15) is 10.1 Å². The van der Waals surface area contributed by atoms with E-state index in [1.54, 1.807) is 24.0 Å². The van der Waals surface area contributed by atoms with E-state index in [0.717, 1.165) is 5.56 Å². The highest BCUT2D eigenvalue weighted by Crippen LogP contribution is 2.23. The zero-order chi connectivity index (χ0) is 15.2. The Hall–Kier alpha value is -1.77. The van der Waals surface area contributed by atoms with Crippen molar-refractivity contribution in [2.24, 2.45) is 0 Å². The first-order valence-corrected chi connectivity index (χ1v) is 7.34. The average Bonchev–Trinajstić information content (AvgIpc) is 2.51. The van der Waals surface area contributed by atoms with Crippen molar-refractivity contribution in [2.45, 2.75) is 13.0 Å². The quantitative estimate of drug-likeness (QED) is 0.861. The van der Waals surface area contributed by atoms with Crippen LogP contribution in [0.1, 0.15) is 18.5 Å². The number of carbonyl (C=O) groups excluding carboxylic acids is 1. The summed E-state index contributed by atoms with van der Waals surface area (Å²) in [7, 11) is 0. The molecule has 112 valence electrons. The Kier molecular flexibility index (Phi) is 5.43. The van der Waals surface area contributed by atoms with Gasteiger partial charge in [0.15, 0.2) is 0 Å². The molecule has 0 spiro atoms. The SMILES string of the molecule is CCOC(=O)N1CCN(C(C#N)c2ccc(Cl)cc2)CC1. The third-order valence-electron chi connectivity index (χ3n) is 3.51. The highest BCUT2D eigenvalue weighted by Gasteiger charge is 2.27. The summed E-state index contributed by atoms with van der Waals surface area (Å²) in [6, 6.07) is 9.33. The molecule has 1 atom stereocenters. The molecule has 5 nitrogen and oxygen atoms in total. The van der Waals surface area contributed by atoms with Gasteiger partial charge < -0.3 is 9.64 Å². The number of nitrogens with zero attached hydrogens (tertiary/aromatic N) is 3. The van der Waals surface area contributed by atoms with E-state index in [1.165, 1.54) is 0 Å². The summed E-state index contributed by atoms with van der Waals surface area (Å²) in [5, 5.41) is 10.1. The third kappa shape index (κ3) is 3.87. The van der Waals surface area contributed by atoms with Crippen molar-refractivity contribution in [3.63, 3.8) is 0 Å². The molecule has 1 saturated heterocycles. The second kappa shape index (κ2) is 7.30. The lowest BCUT2D eigenvalue weighted by Gasteiger charge is -2.36. The highest BCUT2D eigenvalue weighted by atomic mass is 35.5. The fourth-order valence-electron chi connectivity index (χ4n) is 2.39. The summed E-state index contributed by atoms with van der Waals surface area (Å²) in [6.07, 6.45) is -0.280. The summed E-state index contributed by atoms with van der Waals surface area (Å²) >= 11 is 5.87. The van der Waals surface area contributed by atoms with Crippen LogP contribution in [-0.4, -0.2) is 48.7 Å². The molecule has 0 aromatic heterocycles. The summed E-state index contributed by atoms with van der Waals surface area (Å²) in [5.41, 5.74) is 0.923. The predicted molar refractivity (Wildman–Crippen MR) is 80.0 cm³/mol. The lowest BCUT2D eigenvalue weighted by molar-refractivity contribution is 0.0733. The monoisotopic (exact) mass is 307 g/mol. The molecule has 1 unspecified atom stereocenters. The third-order valence-corrected chi connectivity index (χ3v) is 3.77. The minimum atomic E-state index is -0.313. The fraction of sp³-hybridized carbons (Fsp3) is 0.467. The van der Waals surface area contributed by atoms with Gasteiger partial charge in [-0.3, -0.25) is 4.90 Å². The summed E-state index contributed by atoms with van der Waals surface area (Å²) in [4.78, 5) is 15.4. The van der Waals surface area contributed by atoms with Crippen LogP contribution < -0.4 is 0 Å². The highest BCUT2D eigenvalue weighted by molar-refractivity contribution is 6.30. The van der Waals surface area contributed by atoms with E-state index in [2.05, 4.69) is 11.0 Å².